The first-order chi connectivity index (χ1) is 12.7. The highest BCUT2D eigenvalue weighted by Crippen LogP contribution is 2.25. The second kappa shape index (κ2) is 9.50. The van der Waals surface area contributed by atoms with Crippen molar-refractivity contribution in [3.05, 3.63) is 35.6 Å². The van der Waals surface area contributed by atoms with E-state index >= 15 is 0 Å². The lowest BCUT2D eigenvalue weighted by Gasteiger charge is -2.27. The van der Waals surface area contributed by atoms with Crippen molar-refractivity contribution in [3.63, 3.8) is 0 Å². The predicted octanol–water partition coefficient (Wildman–Crippen LogP) is 1.99. The van der Waals surface area contributed by atoms with Crippen LogP contribution in [-0.4, -0.2) is 46.8 Å². The van der Waals surface area contributed by atoms with Gasteiger partial charge in [0, 0.05) is 32.1 Å². The molecule has 1 saturated carbocycles. The van der Waals surface area contributed by atoms with Crippen LogP contribution in [0.1, 0.15) is 38.7 Å². The van der Waals surface area contributed by atoms with Crippen LogP contribution in [0, 0.1) is 11.7 Å². The molecule has 152 valence electrons. The molecular formula is C19H31FN4O2S. The highest BCUT2D eigenvalue weighted by Gasteiger charge is 2.22. The monoisotopic (exact) mass is 398 g/mol. The zero-order chi connectivity index (χ0) is 19.9. The minimum absolute atomic E-state index is 0.00624. The van der Waals surface area contributed by atoms with Gasteiger partial charge in [0.25, 0.3) is 0 Å². The number of hydrogen-bond donors (Lipinski definition) is 3. The average molecular weight is 399 g/mol. The summed E-state index contributed by atoms with van der Waals surface area (Å²) in [6, 6.07) is 6.54. The third-order valence-corrected chi connectivity index (χ3v) is 6.36. The van der Waals surface area contributed by atoms with Crippen LogP contribution >= 0.6 is 0 Å². The summed E-state index contributed by atoms with van der Waals surface area (Å²) in [4.78, 5) is 4.12. The number of rotatable bonds is 9. The highest BCUT2D eigenvalue weighted by molar-refractivity contribution is 7.89. The van der Waals surface area contributed by atoms with Crippen molar-refractivity contribution in [1.29, 1.82) is 0 Å². The zero-order valence-corrected chi connectivity index (χ0v) is 17.2. The van der Waals surface area contributed by atoms with E-state index < -0.39 is 10.0 Å². The number of hydrogen-bond acceptors (Lipinski definition) is 3. The van der Waals surface area contributed by atoms with Crippen molar-refractivity contribution < 1.29 is 12.8 Å². The van der Waals surface area contributed by atoms with E-state index in [2.05, 4.69) is 20.3 Å². The number of aliphatic imine (C=N–C) groups is 1. The molecule has 0 unspecified atom stereocenters. The van der Waals surface area contributed by atoms with Gasteiger partial charge in [-0.3, -0.25) is 4.99 Å². The minimum atomic E-state index is -3.28. The summed E-state index contributed by atoms with van der Waals surface area (Å²) < 4.78 is 40.2. The standard InChI is InChI=1S/C19H31FN4O2S/c1-19(2,16-8-5-9-17(20)12-16)14-23-18(21-3)22-10-11-27(25,26)24-13-15-6-4-7-15/h5,8-9,12,15,24H,4,6-7,10-11,13-14H2,1-3H3,(H2,21,22,23). The Balaban J connectivity index is 1.76. The molecular weight excluding hydrogens is 367 g/mol. The lowest BCUT2D eigenvalue weighted by molar-refractivity contribution is 0.316. The van der Waals surface area contributed by atoms with Crippen LogP contribution < -0.4 is 15.4 Å². The quantitative estimate of drug-likeness (QED) is 0.439. The van der Waals surface area contributed by atoms with Gasteiger partial charge in [0.15, 0.2) is 5.96 Å². The number of benzene rings is 1. The number of halogens is 1. The molecule has 3 N–H and O–H groups in total. The second-order valence-corrected chi connectivity index (χ2v) is 9.64. The Labute approximate surface area is 162 Å². The van der Waals surface area contributed by atoms with Crippen LogP contribution in [0.5, 0.6) is 0 Å². The average Bonchev–Trinajstić information content (AvgIpc) is 2.56. The van der Waals surface area contributed by atoms with Crippen LogP contribution in [0.3, 0.4) is 0 Å². The zero-order valence-electron chi connectivity index (χ0n) is 16.4. The maximum Gasteiger partial charge on any atom is 0.213 e. The van der Waals surface area contributed by atoms with Crippen molar-refractivity contribution in [2.45, 2.75) is 38.5 Å². The Hall–Kier alpha value is -1.67. The van der Waals surface area contributed by atoms with Gasteiger partial charge >= 0.3 is 0 Å². The summed E-state index contributed by atoms with van der Waals surface area (Å²) in [7, 11) is -1.65. The fourth-order valence-electron chi connectivity index (χ4n) is 2.85. The number of nitrogens with one attached hydrogen (secondary N) is 3. The smallest absolute Gasteiger partial charge is 0.213 e. The molecule has 1 aromatic rings. The summed E-state index contributed by atoms with van der Waals surface area (Å²) in [5.74, 6) is 0.747. The fraction of sp³-hybridized carbons (Fsp3) is 0.632. The molecule has 0 radical (unpaired) electrons. The van der Waals surface area contributed by atoms with Crippen molar-refractivity contribution in [3.8, 4) is 0 Å². The van der Waals surface area contributed by atoms with Crippen LogP contribution in [0.2, 0.25) is 0 Å². The third kappa shape index (κ3) is 7.10. The molecule has 27 heavy (non-hydrogen) atoms. The predicted molar refractivity (Wildman–Crippen MR) is 108 cm³/mol. The first kappa shape index (κ1) is 21.6. The summed E-state index contributed by atoms with van der Waals surface area (Å²) in [6.07, 6.45) is 3.42. The van der Waals surface area contributed by atoms with E-state index in [1.165, 1.54) is 18.6 Å². The summed E-state index contributed by atoms with van der Waals surface area (Å²) in [6.45, 7) is 5.35. The maximum atomic E-state index is 13.5. The van der Waals surface area contributed by atoms with E-state index in [4.69, 9.17) is 0 Å². The first-order valence-corrected chi connectivity index (χ1v) is 11.0. The van der Waals surface area contributed by atoms with Crippen molar-refractivity contribution in [1.82, 2.24) is 15.4 Å². The van der Waals surface area contributed by atoms with Crippen molar-refractivity contribution in [2.24, 2.45) is 10.9 Å². The topological polar surface area (TPSA) is 82.6 Å². The molecule has 8 heteroatoms. The number of guanidine groups is 1. The lowest BCUT2D eigenvalue weighted by atomic mass is 9.84. The minimum Gasteiger partial charge on any atom is -0.356 e. The van der Waals surface area contributed by atoms with E-state index in [9.17, 15) is 12.8 Å². The molecule has 0 aliphatic heterocycles. The molecule has 0 saturated heterocycles. The number of sulfonamides is 1. The summed E-state index contributed by atoms with van der Waals surface area (Å²) in [5.41, 5.74) is 0.573. The van der Waals surface area contributed by atoms with Crippen LogP contribution in [-0.2, 0) is 15.4 Å². The Morgan fingerprint density at radius 3 is 2.63 bits per heavy atom. The van der Waals surface area contributed by atoms with Crippen LogP contribution in [0.25, 0.3) is 0 Å². The highest BCUT2D eigenvalue weighted by atomic mass is 32.2. The van der Waals surface area contributed by atoms with Gasteiger partial charge in [-0.25, -0.2) is 17.5 Å². The lowest BCUT2D eigenvalue weighted by Crippen LogP contribution is -2.45. The largest absolute Gasteiger partial charge is 0.356 e. The molecule has 2 rings (SSSR count). The molecule has 1 aliphatic rings. The van der Waals surface area contributed by atoms with Gasteiger partial charge in [0.2, 0.25) is 10.0 Å². The van der Waals surface area contributed by atoms with Crippen molar-refractivity contribution >= 4 is 16.0 Å². The summed E-state index contributed by atoms with van der Waals surface area (Å²) >= 11 is 0. The van der Waals surface area contributed by atoms with Crippen molar-refractivity contribution in [2.75, 3.05) is 32.4 Å². The van der Waals surface area contributed by atoms with Gasteiger partial charge in [0.05, 0.1) is 5.75 Å². The molecule has 1 aromatic carbocycles. The first-order valence-electron chi connectivity index (χ1n) is 9.40. The Bertz CT molecular complexity index is 746. The van der Waals surface area contributed by atoms with E-state index in [-0.39, 0.29) is 23.5 Å². The molecule has 0 amide bonds. The van der Waals surface area contributed by atoms with Crippen LogP contribution in [0.15, 0.2) is 29.3 Å². The van der Waals surface area contributed by atoms with E-state index in [1.54, 1.807) is 13.1 Å². The molecule has 0 bridgehead atoms. The Kier molecular flexibility index (Phi) is 7.61. The number of nitrogens with zero attached hydrogens (tertiary/aromatic N) is 1. The fourth-order valence-corrected chi connectivity index (χ4v) is 3.86. The SMILES string of the molecule is CN=C(NCCS(=O)(=O)NCC1CCC1)NCC(C)(C)c1cccc(F)c1. The molecule has 1 fully saturated rings. The molecule has 0 spiro atoms. The normalized spacial score (nSPS) is 16.1. The molecule has 0 aromatic heterocycles. The van der Waals surface area contributed by atoms with Gasteiger partial charge in [0.1, 0.15) is 5.82 Å². The summed E-state index contributed by atoms with van der Waals surface area (Å²) in [5, 5.41) is 6.21. The van der Waals surface area contributed by atoms with E-state index in [0.29, 0.717) is 25.0 Å². The van der Waals surface area contributed by atoms with Gasteiger partial charge in [-0.1, -0.05) is 32.4 Å². The van der Waals surface area contributed by atoms with E-state index in [0.717, 1.165) is 18.4 Å². The molecule has 0 atom stereocenters. The second-order valence-electron chi connectivity index (χ2n) is 7.71. The maximum absolute atomic E-state index is 13.5. The molecule has 0 heterocycles. The Morgan fingerprint density at radius 2 is 2.04 bits per heavy atom. The van der Waals surface area contributed by atoms with Gasteiger partial charge in [-0.05, 0) is 36.5 Å². The molecule has 1 aliphatic carbocycles. The molecule has 6 nitrogen and oxygen atoms in total. The van der Waals surface area contributed by atoms with Gasteiger partial charge < -0.3 is 10.6 Å². The Morgan fingerprint density at radius 1 is 1.30 bits per heavy atom. The third-order valence-electron chi connectivity index (χ3n) is 5.01. The van der Waals surface area contributed by atoms with E-state index in [1.807, 2.05) is 19.9 Å². The van der Waals surface area contributed by atoms with Gasteiger partial charge in [-0.15, -0.1) is 0 Å². The van der Waals surface area contributed by atoms with Crippen LogP contribution in [0.4, 0.5) is 4.39 Å². The van der Waals surface area contributed by atoms with Gasteiger partial charge in [-0.2, -0.15) is 0 Å².